The maximum absolute atomic E-state index is 14.0. The minimum absolute atomic E-state index is 0.00818. The highest BCUT2D eigenvalue weighted by molar-refractivity contribution is 7.85. The molecule has 1 amide bonds. The minimum Gasteiger partial charge on any atom is -0.469 e. The summed E-state index contributed by atoms with van der Waals surface area (Å²) in [6.45, 7) is 15.2. The van der Waals surface area contributed by atoms with E-state index in [2.05, 4.69) is 5.32 Å². The lowest BCUT2D eigenvalue weighted by atomic mass is 9.62. The summed E-state index contributed by atoms with van der Waals surface area (Å²) in [5.74, 6) is -7.79. The Labute approximate surface area is 349 Å². The maximum atomic E-state index is 14.0. The number of esters is 3. The van der Waals surface area contributed by atoms with Crippen LogP contribution < -0.4 is 5.32 Å². The average molecular weight is 878 g/mol. The molecule has 0 aliphatic rings. The van der Waals surface area contributed by atoms with Crippen LogP contribution in [0.15, 0.2) is 0 Å². The lowest BCUT2D eigenvalue weighted by Crippen LogP contribution is -2.59. The Morgan fingerprint density at radius 1 is 0.542 bits per heavy atom. The van der Waals surface area contributed by atoms with Crippen LogP contribution in [0.25, 0.3) is 0 Å². The van der Waals surface area contributed by atoms with Gasteiger partial charge < -0.3 is 62.5 Å². The number of hydrogen-bond acceptors (Lipinski definition) is 18. The number of amides is 1. The van der Waals surface area contributed by atoms with Crippen molar-refractivity contribution in [2.24, 2.45) is 22.7 Å². The Hall–Kier alpha value is -2.57. The highest BCUT2D eigenvalue weighted by Gasteiger charge is 2.58. The molecule has 3 N–H and O–H groups in total. The highest BCUT2D eigenvalue weighted by Crippen LogP contribution is 2.44. The van der Waals surface area contributed by atoms with Gasteiger partial charge in [0, 0.05) is 0 Å². The number of aliphatic hydroxyl groups excluding tert-OH is 1. The summed E-state index contributed by atoms with van der Waals surface area (Å²) in [5, 5.41) is 11.1. The van der Waals surface area contributed by atoms with E-state index in [-0.39, 0.29) is 39.6 Å². The molecule has 0 bridgehead atoms. The van der Waals surface area contributed by atoms with Gasteiger partial charge in [0.05, 0.1) is 160 Å². The van der Waals surface area contributed by atoms with Crippen molar-refractivity contribution in [3.05, 3.63) is 0 Å². The number of aliphatic hydroxyl groups is 1. The molecule has 0 fully saturated rings. The van der Waals surface area contributed by atoms with Crippen molar-refractivity contribution in [1.29, 1.82) is 0 Å². The first kappa shape index (κ1) is 56.4. The predicted octanol–water partition coefficient (Wildman–Crippen LogP) is 0.848. The summed E-state index contributed by atoms with van der Waals surface area (Å²) in [5.41, 5.74) is -5.07. The van der Waals surface area contributed by atoms with Gasteiger partial charge in [0.1, 0.15) is 6.61 Å². The molecule has 0 aromatic heterocycles. The molecule has 0 aliphatic heterocycles. The van der Waals surface area contributed by atoms with Crippen molar-refractivity contribution in [1.82, 2.24) is 5.32 Å². The molecule has 0 saturated carbocycles. The molecular formula is C38H71NO19S. The van der Waals surface area contributed by atoms with Crippen molar-refractivity contribution in [2.45, 2.75) is 60.4 Å². The molecular weight excluding hydrogens is 806 g/mol. The van der Waals surface area contributed by atoms with Crippen molar-refractivity contribution in [3.63, 3.8) is 0 Å². The van der Waals surface area contributed by atoms with Gasteiger partial charge in [0.15, 0.2) is 0 Å². The molecule has 0 aromatic rings. The molecule has 59 heavy (non-hydrogen) atoms. The van der Waals surface area contributed by atoms with Crippen LogP contribution in [0, 0.1) is 22.7 Å². The van der Waals surface area contributed by atoms with E-state index in [0.717, 1.165) is 7.11 Å². The highest BCUT2D eigenvalue weighted by atomic mass is 32.2. The summed E-state index contributed by atoms with van der Waals surface area (Å²) >= 11 is 0. The number of ether oxygens (including phenoxy) is 11. The third kappa shape index (κ3) is 25.7. The topological polar surface area (TPSA) is 256 Å². The molecule has 0 radical (unpaired) electrons. The van der Waals surface area contributed by atoms with E-state index in [9.17, 15) is 32.1 Å². The van der Waals surface area contributed by atoms with Crippen LogP contribution in [0.4, 0.5) is 0 Å². The average Bonchev–Trinajstić information content (AvgIpc) is 3.15. The lowest BCUT2D eigenvalue weighted by Gasteiger charge is -2.42. The van der Waals surface area contributed by atoms with Gasteiger partial charge in [0.25, 0.3) is 10.1 Å². The molecule has 2 unspecified atom stereocenters. The second-order valence-electron chi connectivity index (χ2n) is 14.9. The van der Waals surface area contributed by atoms with E-state index in [1.807, 2.05) is 0 Å². The predicted molar refractivity (Wildman–Crippen MR) is 211 cm³/mol. The Bertz CT molecular complexity index is 1280. The molecule has 0 saturated heterocycles. The maximum Gasteiger partial charge on any atom is 0.312 e. The molecule has 20 nitrogen and oxygen atoms in total. The monoisotopic (exact) mass is 877 g/mol. The second kappa shape index (κ2) is 31.3. The van der Waals surface area contributed by atoms with E-state index in [0.29, 0.717) is 92.3 Å². The zero-order valence-electron chi connectivity index (χ0n) is 36.2. The molecule has 0 spiro atoms. The fraction of sp³-hybridized carbons (Fsp3) is 0.895. The molecule has 21 heteroatoms. The van der Waals surface area contributed by atoms with Crippen LogP contribution in [0.3, 0.4) is 0 Å². The van der Waals surface area contributed by atoms with Gasteiger partial charge in [-0.3, -0.25) is 23.7 Å². The first-order chi connectivity index (χ1) is 27.8. The van der Waals surface area contributed by atoms with E-state index < -0.39 is 67.9 Å². The fourth-order valence-electron chi connectivity index (χ4n) is 5.54. The van der Waals surface area contributed by atoms with E-state index in [4.69, 9.17) is 57.2 Å². The van der Waals surface area contributed by atoms with E-state index in [1.165, 1.54) is 41.5 Å². The van der Waals surface area contributed by atoms with E-state index in [1.54, 1.807) is 6.92 Å². The molecule has 0 aliphatic carbocycles. The molecule has 0 heterocycles. The number of carbonyl (C=O) groups excluding carboxylic acids is 4. The number of nitrogens with one attached hydrogen (secondary N) is 1. The normalized spacial score (nSPS) is 13.5. The van der Waals surface area contributed by atoms with Crippen molar-refractivity contribution in [2.75, 3.05) is 138 Å². The lowest BCUT2D eigenvalue weighted by molar-refractivity contribution is -0.179. The standard InChI is InChI=1S/C38H71NO19S/c1-9-11-57-33(42)31(38(6,7)34(43)48-8)30(32(41)39-36(2,3)29-59(45,46)47)37(4,5)35(44)58-28-27-56-26-25-55-24-23-54-22-21-53-20-19-52-18-17-51-16-15-50-14-13-49-12-10-40/h30-31,40H,9-29H2,1-8H3,(H,39,41)(H,45,46,47). The Kier molecular flexibility index (Phi) is 29.9. The summed E-state index contributed by atoms with van der Waals surface area (Å²) in [6, 6.07) is 0. The summed E-state index contributed by atoms with van der Waals surface area (Å²) in [7, 11) is -3.45. The number of rotatable bonds is 38. The first-order valence-corrected chi connectivity index (χ1v) is 21.3. The number of hydrogen-bond donors (Lipinski definition) is 3. The quantitative estimate of drug-likeness (QED) is 0.0336. The third-order valence-electron chi connectivity index (χ3n) is 8.42. The van der Waals surface area contributed by atoms with Gasteiger partial charge >= 0.3 is 17.9 Å². The van der Waals surface area contributed by atoms with Gasteiger partial charge in [-0.05, 0) is 48.0 Å². The largest absolute Gasteiger partial charge is 0.469 e. The molecule has 0 rings (SSSR count). The second-order valence-corrected chi connectivity index (χ2v) is 16.4. The molecule has 2 atom stereocenters. The van der Waals surface area contributed by atoms with Gasteiger partial charge in [-0.15, -0.1) is 0 Å². The zero-order chi connectivity index (χ0) is 44.8. The SMILES string of the molecule is CCCOC(=O)C(C(C(=O)NC(C)(C)CS(=O)(=O)O)C(C)(C)C(=O)OCCOCCOCCOCCOCCOCCOCCOCCOCCO)C(C)(C)C(=O)OC. The molecule has 348 valence electrons. The van der Waals surface area contributed by atoms with Crippen molar-refractivity contribution in [3.8, 4) is 0 Å². The summed E-state index contributed by atoms with van der Waals surface area (Å²) in [4.78, 5) is 54.3. The van der Waals surface area contributed by atoms with Gasteiger partial charge in [-0.25, -0.2) is 0 Å². The minimum atomic E-state index is -4.56. The van der Waals surface area contributed by atoms with Crippen LogP contribution in [0.5, 0.6) is 0 Å². The van der Waals surface area contributed by atoms with Crippen molar-refractivity contribution >= 4 is 33.9 Å². The Morgan fingerprint density at radius 3 is 1.24 bits per heavy atom. The summed E-state index contributed by atoms with van der Waals surface area (Å²) in [6.07, 6.45) is 0.426. The summed E-state index contributed by atoms with van der Waals surface area (Å²) < 4.78 is 91.8. The van der Waals surface area contributed by atoms with Crippen LogP contribution in [-0.4, -0.2) is 186 Å². The van der Waals surface area contributed by atoms with Gasteiger partial charge in [-0.2, -0.15) is 8.42 Å². The third-order valence-corrected chi connectivity index (χ3v) is 9.50. The zero-order valence-corrected chi connectivity index (χ0v) is 37.1. The Morgan fingerprint density at radius 2 is 0.898 bits per heavy atom. The van der Waals surface area contributed by atoms with Gasteiger partial charge in [-0.1, -0.05) is 6.92 Å². The van der Waals surface area contributed by atoms with Crippen LogP contribution in [0.2, 0.25) is 0 Å². The first-order valence-electron chi connectivity index (χ1n) is 19.7. The van der Waals surface area contributed by atoms with Crippen molar-refractivity contribution < 1.29 is 89.4 Å². The number of methoxy groups -OCH3 is 1. The van der Waals surface area contributed by atoms with Gasteiger partial charge in [0.2, 0.25) is 5.91 Å². The fourth-order valence-corrected chi connectivity index (χ4v) is 6.53. The number of carbonyl (C=O) groups is 4. The smallest absolute Gasteiger partial charge is 0.312 e. The van der Waals surface area contributed by atoms with Crippen LogP contribution >= 0.6 is 0 Å². The van der Waals surface area contributed by atoms with Crippen LogP contribution in [-0.2, 0) is 81.4 Å². The van der Waals surface area contributed by atoms with Crippen LogP contribution in [0.1, 0.15) is 54.9 Å². The molecule has 0 aromatic carbocycles. The van der Waals surface area contributed by atoms with E-state index >= 15 is 0 Å². The Balaban J connectivity index is 4.72.